The third kappa shape index (κ3) is 3.13. The quantitative estimate of drug-likeness (QED) is 0.527. The smallest absolute Gasteiger partial charge is 0.271 e. The van der Waals surface area contributed by atoms with Gasteiger partial charge >= 0.3 is 0 Å². The van der Waals surface area contributed by atoms with Gasteiger partial charge in [-0.05, 0) is 25.1 Å². The van der Waals surface area contributed by atoms with Crippen LogP contribution in [0.3, 0.4) is 0 Å². The number of nitro benzene ring substituents is 1. The molecule has 0 aromatic heterocycles. The van der Waals surface area contributed by atoms with Gasteiger partial charge in [0.1, 0.15) is 5.75 Å². The number of aryl methyl sites for hydroxylation is 1. The van der Waals surface area contributed by atoms with Crippen LogP contribution >= 0.6 is 11.6 Å². The molecule has 0 saturated heterocycles. The van der Waals surface area contributed by atoms with E-state index in [1.807, 2.05) is 6.92 Å². The van der Waals surface area contributed by atoms with Gasteiger partial charge < -0.3 is 5.11 Å². The maximum Gasteiger partial charge on any atom is 0.271 e. The van der Waals surface area contributed by atoms with Gasteiger partial charge in [-0.3, -0.25) is 15.1 Å². The number of hydrogen-bond acceptors (Lipinski definition) is 4. The van der Waals surface area contributed by atoms with E-state index < -0.39 is 4.92 Å². The van der Waals surface area contributed by atoms with Crippen LogP contribution in [0.15, 0.2) is 41.4 Å². The van der Waals surface area contributed by atoms with E-state index in [2.05, 4.69) is 4.99 Å². The molecule has 0 aliphatic carbocycles. The predicted molar refractivity (Wildman–Crippen MR) is 78.2 cm³/mol. The summed E-state index contributed by atoms with van der Waals surface area (Å²) >= 11 is 5.93. The van der Waals surface area contributed by atoms with Crippen LogP contribution in [0.1, 0.15) is 11.1 Å². The molecule has 2 rings (SSSR count). The first-order chi connectivity index (χ1) is 9.47. The molecule has 2 aromatic rings. The molecule has 0 unspecified atom stereocenters. The molecule has 0 aliphatic rings. The lowest BCUT2D eigenvalue weighted by atomic mass is 10.1. The lowest BCUT2D eigenvalue weighted by Gasteiger charge is -2.01. The summed E-state index contributed by atoms with van der Waals surface area (Å²) in [5, 5.41) is 20.5. The van der Waals surface area contributed by atoms with Crippen LogP contribution in [0.5, 0.6) is 5.75 Å². The van der Waals surface area contributed by atoms with Gasteiger partial charge in [0.15, 0.2) is 0 Å². The average molecular weight is 291 g/mol. The highest BCUT2D eigenvalue weighted by Gasteiger charge is 2.08. The number of non-ortho nitro benzene ring substituents is 1. The molecule has 0 saturated carbocycles. The summed E-state index contributed by atoms with van der Waals surface area (Å²) in [6.07, 6.45) is 1.47. The molecule has 0 bridgehead atoms. The second-order valence-corrected chi connectivity index (χ2v) is 4.62. The van der Waals surface area contributed by atoms with E-state index in [-0.39, 0.29) is 16.5 Å². The van der Waals surface area contributed by atoms with Crippen molar-refractivity contribution < 1.29 is 10.0 Å². The van der Waals surface area contributed by atoms with Crippen molar-refractivity contribution in [3.8, 4) is 5.75 Å². The van der Waals surface area contributed by atoms with Gasteiger partial charge in [0.05, 0.1) is 15.6 Å². The van der Waals surface area contributed by atoms with Crippen molar-refractivity contribution in [2.75, 3.05) is 0 Å². The molecule has 1 N–H and O–H groups in total. The summed E-state index contributed by atoms with van der Waals surface area (Å²) in [4.78, 5) is 14.2. The van der Waals surface area contributed by atoms with Crippen molar-refractivity contribution in [3.05, 3.63) is 62.7 Å². The Morgan fingerprint density at radius 3 is 2.70 bits per heavy atom. The topological polar surface area (TPSA) is 75.7 Å². The fourth-order valence-electron chi connectivity index (χ4n) is 1.63. The Hall–Kier alpha value is -2.40. The highest BCUT2D eigenvalue weighted by atomic mass is 35.5. The minimum absolute atomic E-state index is 0.0904. The molecular weight excluding hydrogens is 280 g/mol. The molecule has 0 spiro atoms. The molecule has 6 heteroatoms. The summed E-state index contributed by atoms with van der Waals surface area (Å²) < 4.78 is 0. The van der Waals surface area contributed by atoms with Crippen molar-refractivity contribution in [2.45, 2.75) is 6.92 Å². The highest BCUT2D eigenvalue weighted by molar-refractivity contribution is 6.33. The number of hydrogen-bond donors (Lipinski definition) is 1. The van der Waals surface area contributed by atoms with Crippen LogP contribution in [-0.2, 0) is 0 Å². The maximum atomic E-state index is 10.6. The van der Waals surface area contributed by atoms with E-state index in [1.165, 1.54) is 24.4 Å². The Labute approximate surface area is 120 Å². The zero-order chi connectivity index (χ0) is 14.7. The van der Waals surface area contributed by atoms with Gasteiger partial charge in [0.2, 0.25) is 0 Å². The van der Waals surface area contributed by atoms with Crippen LogP contribution in [0.2, 0.25) is 5.02 Å². The summed E-state index contributed by atoms with van der Waals surface area (Å²) in [7, 11) is 0. The number of aliphatic imine (C=N–C) groups is 1. The fourth-order valence-corrected chi connectivity index (χ4v) is 1.85. The van der Waals surface area contributed by atoms with Gasteiger partial charge in [-0.15, -0.1) is 0 Å². The van der Waals surface area contributed by atoms with Crippen LogP contribution in [0.4, 0.5) is 11.4 Å². The predicted octanol–water partition coefficient (Wildman–Crippen LogP) is 4.01. The number of benzene rings is 2. The molecule has 102 valence electrons. The summed E-state index contributed by atoms with van der Waals surface area (Å²) in [5.41, 5.74) is 1.85. The Kier molecular flexibility index (Phi) is 4.00. The minimum Gasteiger partial charge on any atom is -0.507 e. The molecule has 5 nitrogen and oxygen atoms in total. The molecule has 0 heterocycles. The van der Waals surface area contributed by atoms with Gasteiger partial charge in [-0.1, -0.05) is 23.2 Å². The molecule has 2 aromatic carbocycles. The van der Waals surface area contributed by atoms with E-state index in [9.17, 15) is 15.2 Å². The first kappa shape index (κ1) is 14.0. The summed E-state index contributed by atoms with van der Waals surface area (Å²) in [5.74, 6) is 0.109. The Bertz CT molecular complexity index is 699. The fraction of sp³-hybridized carbons (Fsp3) is 0.0714. The first-order valence-electron chi connectivity index (χ1n) is 5.75. The largest absolute Gasteiger partial charge is 0.507 e. The Morgan fingerprint density at radius 1 is 1.30 bits per heavy atom. The van der Waals surface area contributed by atoms with Gasteiger partial charge in [-0.25, -0.2) is 0 Å². The number of nitro groups is 1. The molecular formula is C14H11ClN2O3. The normalized spacial score (nSPS) is 10.9. The van der Waals surface area contributed by atoms with E-state index in [0.717, 1.165) is 5.56 Å². The average Bonchev–Trinajstić information content (AvgIpc) is 2.40. The van der Waals surface area contributed by atoms with E-state index >= 15 is 0 Å². The van der Waals surface area contributed by atoms with Gasteiger partial charge in [0.25, 0.3) is 5.69 Å². The molecule has 20 heavy (non-hydrogen) atoms. The third-order valence-corrected chi connectivity index (χ3v) is 2.97. The van der Waals surface area contributed by atoms with Crippen molar-refractivity contribution in [2.24, 2.45) is 4.99 Å². The van der Waals surface area contributed by atoms with Gasteiger partial charge in [0, 0.05) is 23.9 Å². The zero-order valence-corrected chi connectivity index (χ0v) is 11.3. The lowest BCUT2D eigenvalue weighted by Crippen LogP contribution is -1.87. The van der Waals surface area contributed by atoms with Crippen LogP contribution in [-0.4, -0.2) is 16.2 Å². The minimum atomic E-state index is -0.522. The number of halogens is 1. The second-order valence-electron chi connectivity index (χ2n) is 4.21. The number of nitrogens with zero attached hydrogens (tertiary/aromatic N) is 2. The molecule has 0 aliphatic heterocycles. The van der Waals surface area contributed by atoms with E-state index in [1.54, 1.807) is 18.2 Å². The summed E-state index contributed by atoms with van der Waals surface area (Å²) in [6, 6.07) is 9.17. The third-order valence-electron chi connectivity index (χ3n) is 2.67. The number of phenols is 1. The van der Waals surface area contributed by atoms with Crippen LogP contribution < -0.4 is 0 Å². The number of rotatable bonds is 3. The highest BCUT2D eigenvalue weighted by Crippen LogP contribution is 2.29. The first-order valence-corrected chi connectivity index (χ1v) is 6.13. The summed E-state index contributed by atoms with van der Waals surface area (Å²) in [6.45, 7) is 1.90. The Balaban J connectivity index is 2.32. The molecule has 0 fully saturated rings. The SMILES string of the molecule is Cc1ccc(O)c(C=Nc2ccc([N+](=O)[O-])cc2Cl)c1. The van der Waals surface area contributed by atoms with Crippen molar-refractivity contribution >= 4 is 29.2 Å². The standard InChI is InChI=1S/C14H11ClN2O3/c1-9-2-5-14(18)10(6-9)8-16-13-4-3-11(17(19)20)7-12(13)15/h2-8,18H,1H3. The maximum absolute atomic E-state index is 10.6. The molecule has 0 radical (unpaired) electrons. The van der Waals surface area contributed by atoms with E-state index in [0.29, 0.717) is 11.3 Å². The van der Waals surface area contributed by atoms with Gasteiger partial charge in [-0.2, -0.15) is 0 Å². The van der Waals surface area contributed by atoms with Crippen LogP contribution in [0.25, 0.3) is 0 Å². The number of phenolic OH excluding ortho intramolecular Hbond substituents is 1. The number of aromatic hydroxyl groups is 1. The molecule has 0 atom stereocenters. The van der Waals surface area contributed by atoms with Crippen molar-refractivity contribution in [1.82, 2.24) is 0 Å². The zero-order valence-electron chi connectivity index (χ0n) is 10.6. The monoisotopic (exact) mass is 290 g/mol. The van der Waals surface area contributed by atoms with E-state index in [4.69, 9.17) is 11.6 Å². The lowest BCUT2D eigenvalue weighted by molar-refractivity contribution is -0.384. The molecule has 0 amide bonds. The Morgan fingerprint density at radius 2 is 2.05 bits per heavy atom. The van der Waals surface area contributed by atoms with Crippen molar-refractivity contribution in [1.29, 1.82) is 0 Å². The van der Waals surface area contributed by atoms with Crippen LogP contribution in [0, 0.1) is 17.0 Å². The van der Waals surface area contributed by atoms with Crippen molar-refractivity contribution in [3.63, 3.8) is 0 Å². The second kappa shape index (κ2) is 5.71.